The number of aromatic nitrogens is 4. The van der Waals surface area contributed by atoms with Crippen LogP contribution in [0.3, 0.4) is 0 Å². The van der Waals surface area contributed by atoms with Crippen LogP contribution >= 0.6 is 0 Å². The number of nitrogens with one attached hydrogen (secondary N) is 1. The molecule has 1 aliphatic rings. The van der Waals surface area contributed by atoms with Crippen molar-refractivity contribution in [1.29, 1.82) is 0 Å². The average molecular weight is 447 g/mol. The van der Waals surface area contributed by atoms with E-state index in [0.717, 1.165) is 17.5 Å². The number of carbonyl (C=O) groups is 1. The lowest BCUT2D eigenvalue weighted by Gasteiger charge is -2.33. The van der Waals surface area contributed by atoms with Crippen LogP contribution in [0, 0.1) is 12.8 Å². The monoisotopic (exact) mass is 446 g/mol. The van der Waals surface area contributed by atoms with Gasteiger partial charge < -0.3 is 14.4 Å². The maximum atomic E-state index is 12.7. The second-order valence-electron chi connectivity index (χ2n) is 7.91. The van der Waals surface area contributed by atoms with E-state index in [9.17, 15) is 4.79 Å². The molecular formula is C24H26N6O3. The standard InChI is InChI=1S/C24H26N6O3/c1-16-11-26-23(27-12-16)33-20-6-4-5-18(10-20)9-19-7-8-30(15-17(19)2)24(31)29-21-13-25-14-22(28-21)32-3/h4-6,9-14,17H,7-8,15H2,1-3H3,(H,28,29,31)/b19-9+. The predicted octanol–water partition coefficient (Wildman–Crippen LogP) is 4.33. The highest BCUT2D eigenvalue weighted by Gasteiger charge is 2.24. The maximum Gasteiger partial charge on any atom is 0.323 e. The molecule has 1 unspecified atom stereocenters. The lowest BCUT2D eigenvalue weighted by atomic mass is 9.91. The summed E-state index contributed by atoms with van der Waals surface area (Å²) in [5.74, 6) is 1.61. The first-order valence-electron chi connectivity index (χ1n) is 10.7. The number of carbonyl (C=O) groups excluding carboxylic acids is 1. The number of urea groups is 1. The summed E-state index contributed by atoms with van der Waals surface area (Å²) in [5, 5.41) is 2.79. The van der Waals surface area contributed by atoms with Gasteiger partial charge in [0.1, 0.15) is 5.75 Å². The van der Waals surface area contributed by atoms with Crippen molar-refractivity contribution in [1.82, 2.24) is 24.8 Å². The minimum absolute atomic E-state index is 0.197. The molecule has 4 rings (SSSR count). The van der Waals surface area contributed by atoms with Crippen molar-refractivity contribution in [3.05, 3.63) is 65.8 Å². The van der Waals surface area contributed by atoms with E-state index in [4.69, 9.17) is 9.47 Å². The minimum Gasteiger partial charge on any atom is -0.480 e. The van der Waals surface area contributed by atoms with Gasteiger partial charge in [-0.05, 0) is 42.5 Å². The van der Waals surface area contributed by atoms with Crippen molar-refractivity contribution in [2.24, 2.45) is 5.92 Å². The zero-order valence-corrected chi connectivity index (χ0v) is 18.9. The third-order valence-electron chi connectivity index (χ3n) is 5.32. The topological polar surface area (TPSA) is 102 Å². The van der Waals surface area contributed by atoms with Crippen LogP contribution in [0.4, 0.5) is 10.6 Å². The Hall–Kier alpha value is -4.01. The molecule has 0 spiro atoms. The van der Waals surface area contributed by atoms with E-state index in [1.807, 2.05) is 31.2 Å². The first kappa shape index (κ1) is 22.2. The maximum absolute atomic E-state index is 12.7. The zero-order valence-electron chi connectivity index (χ0n) is 18.9. The van der Waals surface area contributed by atoms with Crippen molar-refractivity contribution in [2.75, 3.05) is 25.5 Å². The van der Waals surface area contributed by atoms with Gasteiger partial charge in [-0.2, -0.15) is 4.98 Å². The number of ether oxygens (including phenoxy) is 2. The SMILES string of the molecule is COc1cncc(NC(=O)N2CC/C(=C\c3cccc(Oc4ncc(C)cn4)c3)C(C)C2)n1. The quantitative estimate of drug-likeness (QED) is 0.622. The van der Waals surface area contributed by atoms with E-state index in [1.54, 1.807) is 17.3 Å². The third-order valence-corrected chi connectivity index (χ3v) is 5.32. The summed E-state index contributed by atoms with van der Waals surface area (Å²) in [6.07, 6.45) is 9.38. The molecule has 1 atom stereocenters. The molecule has 3 aromatic rings. The molecule has 1 aromatic carbocycles. The van der Waals surface area contributed by atoms with Crippen LogP contribution in [-0.2, 0) is 0 Å². The molecule has 2 amide bonds. The predicted molar refractivity (Wildman–Crippen MR) is 124 cm³/mol. The lowest BCUT2D eigenvalue weighted by Crippen LogP contribution is -2.42. The van der Waals surface area contributed by atoms with E-state index in [1.165, 1.54) is 25.1 Å². The highest BCUT2D eigenvalue weighted by Crippen LogP contribution is 2.27. The first-order valence-corrected chi connectivity index (χ1v) is 10.7. The molecule has 0 aliphatic carbocycles. The number of hydrogen-bond donors (Lipinski definition) is 1. The second-order valence-corrected chi connectivity index (χ2v) is 7.91. The zero-order chi connectivity index (χ0) is 23.2. The Bertz CT molecular complexity index is 1150. The third kappa shape index (κ3) is 5.82. The number of likely N-dealkylation sites (tertiary alicyclic amines) is 1. The largest absolute Gasteiger partial charge is 0.480 e. The molecule has 2 aromatic heterocycles. The Morgan fingerprint density at radius 2 is 2.03 bits per heavy atom. The molecule has 1 fully saturated rings. The van der Waals surface area contributed by atoms with Gasteiger partial charge in [-0.1, -0.05) is 30.7 Å². The van der Waals surface area contributed by atoms with E-state index < -0.39 is 0 Å². The van der Waals surface area contributed by atoms with Crippen LogP contribution in [-0.4, -0.2) is 51.1 Å². The molecule has 1 aliphatic heterocycles. The normalized spacial score (nSPS) is 17.0. The fraction of sp³-hybridized carbons (Fsp3) is 0.292. The molecule has 9 nitrogen and oxygen atoms in total. The number of anilines is 1. The van der Waals surface area contributed by atoms with Crippen LogP contribution in [0.1, 0.15) is 24.5 Å². The van der Waals surface area contributed by atoms with E-state index in [2.05, 4.69) is 38.3 Å². The van der Waals surface area contributed by atoms with Crippen molar-refractivity contribution in [3.63, 3.8) is 0 Å². The number of methoxy groups -OCH3 is 1. The van der Waals surface area contributed by atoms with Crippen LogP contribution in [0.25, 0.3) is 6.08 Å². The number of benzene rings is 1. The molecule has 0 saturated carbocycles. The highest BCUT2D eigenvalue weighted by atomic mass is 16.5. The van der Waals surface area contributed by atoms with Gasteiger partial charge in [0, 0.05) is 25.5 Å². The van der Waals surface area contributed by atoms with Crippen LogP contribution < -0.4 is 14.8 Å². The molecule has 3 heterocycles. The average Bonchev–Trinajstić information content (AvgIpc) is 2.82. The summed E-state index contributed by atoms with van der Waals surface area (Å²) in [6.45, 7) is 5.28. The Balaban J connectivity index is 1.38. The lowest BCUT2D eigenvalue weighted by molar-refractivity contribution is 0.197. The van der Waals surface area contributed by atoms with Crippen molar-refractivity contribution in [3.8, 4) is 17.6 Å². The van der Waals surface area contributed by atoms with Gasteiger partial charge >= 0.3 is 12.0 Å². The number of amides is 2. The molecule has 0 bridgehead atoms. The van der Waals surface area contributed by atoms with E-state index >= 15 is 0 Å². The van der Waals surface area contributed by atoms with Crippen LogP contribution in [0.5, 0.6) is 17.6 Å². The van der Waals surface area contributed by atoms with Crippen molar-refractivity contribution < 1.29 is 14.3 Å². The highest BCUT2D eigenvalue weighted by molar-refractivity contribution is 5.88. The van der Waals surface area contributed by atoms with Crippen LogP contribution in [0.15, 0.2) is 54.6 Å². The van der Waals surface area contributed by atoms with E-state index in [-0.39, 0.29) is 11.9 Å². The van der Waals surface area contributed by atoms with Gasteiger partial charge in [0.15, 0.2) is 5.82 Å². The number of hydrogen-bond acceptors (Lipinski definition) is 7. The fourth-order valence-corrected chi connectivity index (χ4v) is 3.56. The summed E-state index contributed by atoms with van der Waals surface area (Å²) < 4.78 is 10.8. The summed E-state index contributed by atoms with van der Waals surface area (Å²) in [5.41, 5.74) is 3.29. The van der Waals surface area contributed by atoms with Gasteiger partial charge in [0.25, 0.3) is 0 Å². The number of nitrogens with zero attached hydrogens (tertiary/aromatic N) is 5. The summed E-state index contributed by atoms with van der Waals surface area (Å²) in [4.78, 5) is 31.0. The minimum atomic E-state index is -0.197. The molecule has 1 saturated heterocycles. The van der Waals surface area contributed by atoms with Crippen molar-refractivity contribution in [2.45, 2.75) is 20.3 Å². The number of piperidine rings is 1. The van der Waals surface area contributed by atoms with Crippen LogP contribution in [0.2, 0.25) is 0 Å². The van der Waals surface area contributed by atoms with Crippen molar-refractivity contribution >= 4 is 17.9 Å². The molecule has 170 valence electrons. The van der Waals surface area contributed by atoms with Gasteiger partial charge in [0.05, 0.1) is 19.5 Å². The summed E-state index contributed by atoms with van der Waals surface area (Å²) in [6, 6.07) is 7.93. The smallest absolute Gasteiger partial charge is 0.323 e. The molecular weight excluding hydrogens is 420 g/mol. The van der Waals surface area contributed by atoms with Gasteiger partial charge in [-0.25, -0.2) is 14.8 Å². The first-order chi connectivity index (χ1) is 16.0. The molecule has 9 heteroatoms. The van der Waals surface area contributed by atoms with Gasteiger partial charge in [-0.3, -0.25) is 10.3 Å². The fourth-order valence-electron chi connectivity index (χ4n) is 3.56. The van der Waals surface area contributed by atoms with E-state index in [0.29, 0.717) is 36.5 Å². The second kappa shape index (κ2) is 10.1. The number of aryl methyl sites for hydroxylation is 1. The Labute approximate surface area is 192 Å². The molecule has 33 heavy (non-hydrogen) atoms. The Kier molecular flexibility index (Phi) is 6.77. The Morgan fingerprint density at radius 1 is 1.21 bits per heavy atom. The Morgan fingerprint density at radius 3 is 2.79 bits per heavy atom. The van der Waals surface area contributed by atoms with Gasteiger partial charge in [0.2, 0.25) is 5.88 Å². The summed E-state index contributed by atoms with van der Waals surface area (Å²) >= 11 is 0. The molecule has 1 N–H and O–H groups in total. The summed E-state index contributed by atoms with van der Waals surface area (Å²) in [7, 11) is 1.51. The molecule has 0 radical (unpaired) electrons. The number of rotatable bonds is 5. The van der Waals surface area contributed by atoms with Gasteiger partial charge in [-0.15, -0.1) is 0 Å².